The Morgan fingerprint density at radius 2 is 1.76 bits per heavy atom. The summed E-state index contributed by atoms with van der Waals surface area (Å²) in [4.78, 5) is 12.0. The van der Waals surface area contributed by atoms with Gasteiger partial charge in [-0.25, -0.2) is 0 Å². The molecule has 0 unspecified atom stereocenters. The van der Waals surface area contributed by atoms with E-state index in [0.29, 0.717) is 29.6 Å². The summed E-state index contributed by atoms with van der Waals surface area (Å²) in [5.41, 5.74) is 0.404. The third-order valence-electron chi connectivity index (χ3n) is 9.20. The number of carbonyl (C=O) groups excluding carboxylic acids is 1. The lowest BCUT2D eigenvalue weighted by Gasteiger charge is -2.59. The molecule has 4 aliphatic carbocycles. The van der Waals surface area contributed by atoms with Crippen LogP contribution in [0.2, 0.25) is 0 Å². The van der Waals surface area contributed by atoms with Gasteiger partial charge in [-0.3, -0.25) is 4.79 Å². The van der Waals surface area contributed by atoms with Gasteiger partial charge in [0.05, 0.1) is 6.10 Å². The topological polar surface area (TPSA) is 46.5 Å². The minimum absolute atomic E-state index is 0.0183. The molecule has 0 radical (unpaired) electrons. The zero-order valence-electron chi connectivity index (χ0n) is 16.8. The van der Waals surface area contributed by atoms with Crippen LogP contribution >= 0.6 is 0 Å². The molecule has 0 aromatic heterocycles. The van der Waals surface area contributed by atoms with Crippen molar-refractivity contribution in [1.29, 1.82) is 0 Å². The van der Waals surface area contributed by atoms with E-state index in [1.54, 1.807) is 6.92 Å². The fourth-order valence-electron chi connectivity index (χ4n) is 7.51. The third-order valence-corrected chi connectivity index (χ3v) is 9.20. The first kappa shape index (κ1) is 17.8. The highest BCUT2D eigenvalue weighted by Gasteiger charge is 2.72. The van der Waals surface area contributed by atoms with Crippen molar-refractivity contribution in [3.63, 3.8) is 0 Å². The molecule has 1 N–H and O–H groups in total. The molecule has 0 amide bonds. The average Bonchev–Trinajstić information content (AvgIpc) is 3.07. The Morgan fingerprint density at radius 1 is 1.08 bits per heavy atom. The largest absolute Gasteiger partial charge is 0.462 e. The molecule has 4 rings (SSSR count). The summed E-state index contributed by atoms with van der Waals surface area (Å²) in [6.45, 7) is 13.3. The maximum Gasteiger partial charge on any atom is 0.302 e. The molecule has 0 heterocycles. The van der Waals surface area contributed by atoms with Crippen molar-refractivity contribution in [2.24, 2.45) is 45.8 Å². The van der Waals surface area contributed by atoms with E-state index in [1.807, 2.05) is 0 Å². The normalized spacial score (nSPS) is 56.8. The van der Waals surface area contributed by atoms with Gasteiger partial charge in [0.15, 0.2) is 0 Å². The highest BCUT2D eigenvalue weighted by molar-refractivity contribution is 5.66. The fraction of sp³-hybridized carbons (Fsp3) is 0.955. The molecule has 3 nitrogen and oxygen atoms in total. The van der Waals surface area contributed by atoms with E-state index in [2.05, 4.69) is 34.6 Å². The van der Waals surface area contributed by atoms with Gasteiger partial charge in [0.1, 0.15) is 6.10 Å². The molecule has 4 saturated carbocycles. The molecule has 25 heavy (non-hydrogen) atoms. The second kappa shape index (κ2) is 5.24. The van der Waals surface area contributed by atoms with Gasteiger partial charge in [-0.15, -0.1) is 0 Å². The highest BCUT2D eigenvalue weighted by atomic mass is 16.5. The van der Waals surface area contributed by atoms with E-state index in [1.165, 1.54) is 12.8 Å². The average molecular weight is 349 g/mol. The lowest BCUT2D eigenvalue weighted by atomic mass is 9.46. The number of ether oxygens (including phenoxy) is 1. The number of hydrogen-bond acceptors (Lipinski definition) is 3. The number of esters is 1. The minimum atomic E-state index is -0.211. The smallest absolute Gasteiger partial charge is 0.302 e. The second-order valence-corrected chi connectivity index (χ2v) is 11.0. The first-order valence-corrected chi connectivity index (χ1v) is 10.4. The molecule has 4 fully saturated rings. The summed E-state index contributed by atoms with van der Waals surface area (Å²) in [6.07, 6.45) is 5.50. The number of carbonyl (C=O) groups is 1. The quantitative estimate of drug-likeness (QED) is 0.751. The molecule has 142 valence electrons. The Bertz CT molecular complexity index is 586. The van der Waals surface area contributed by atoms with Gasteiger partial charge >= 0.3 is 5.97 Å². The van der Waals surface area contributed by atoms with Gasteiger partial charge in [0.2, 0.25) is 0 Å². The zero-order chi connectivity index (χ0) is 18.4. The van der Waals surface area contributed by atoms with E-state index in [-0.39, 0.29) is 34.4 Å². The van der Waals surface area contributed by atoms with E-state index < -0.39 is 0 Å². The van der Waals surface area contributed by atoms with Crippen molar-refractivity contribution in [1.82, 2.24) is 0 Å². The number of aliphatic hydroxyl groups excluding tert-OH is 1. The lowest BCUT2D eigenvalue weighted by Crippen LogP contribution is -2.58. The van der Waals surface area contributed by atoms with Crippen molar-refractivity contribution in [3.05, 3.63) is 0 Å². The van der Waals surface area contributed by atoms with Gasteiger partial charge < -0.3 is 9.84 Å². The molecular formula is C22H36O3. The van der Waals surface area contributed by atoms with Crippen LogP contribution in [-0.2, 0) is 9.53 Å². The highest BCUT2D eigenvalue weighted by Crippen LogP contribution is 2.75. The van der Waals surface area contributed by atoms with Crippen molar-refractivity contribution in [3.8, 4) is 0 Å². The zero-order valence-corrected chi connectivity index (χ0v) is 16.8. The van der Waals surface area contributed by atoms with Gasteiger partial charge in [0.25, 0.3) is 0 Å². The fourth-order valence-corrected chi connectivity index (χ4v) is 7.51. The van der Waals surface area contributed by atoms with Crippen LogP contribution in [0, 0.1) is 45.8 Å². The van der Waals surface area contributed by atoms with Crippen molar-refractivity contribution >= 4 is 5.97 Å². The van der Waals surface area contributed by atoms with Crippen molar-refractivity contribution in [2.75, 3.05) is 0 Å². The van der Waals surface area contributed by atoms with E-state index in [4.69, 9.17) is 4.74 Å². The standard InChI is InChI=1S/C22H36O3/c1-12(2)15-9-16(24)21(5)8-7-20(4)10-14-11-22(14,6)19(25-13(3)23)18(20)17(15)21/h12,14-19,24H,7-11H2,1-6H3/t14-,15-,16-,17+,18-,19-,20-,21-,22+/m0/s1. The molecular weight excluding hydrogens is 312 g/mol. The molecule has 9 atom stereocenters. The van der Waals surface area contributed by atoms with Crippen molar-refractivity contribution in [2.45, 2.75) is 85.9 Å². The Labute approximate surface area is 152 Å². The van der Waals surface area contributed by atoms with Crippen LogP contribution in [0.15, 0.2) is 0 Å². The van der Waals surface area contributed by atoms with Crippen LogP contribution in [-0.4, -0.2) is 23.3 Å². The van der Waals surface area contributed by atoms with E-state index in [9.17, 15) is 9.90 Å². The Hall–Kier alpha value is -0.570. The molecule has 0 aromatic carbocycles. The Morgan fingerprint density at radius 3 is 2.36 bits per heavy atom. The number of rotatable bonds is 2. The summed E-state index contributed by atoms with van der Waals surface area (Å²) in [5, 5.41) is 11.0. The van der Waals surface area contributed by atoms with Gasteiger partial charge in [-0.1, -0.05) is 34.6 Å². The maximum atomic E-state index is 12.0. The van der Waals surface area contributed by atoms with Crippen LogP contribution in [0.1, 0.15) is 73.6 Å². The van der Waals surface area contributed by atoms with Crippen LogP contribution < -0.4 is 0 Å². The van der Waals surface area contributed by atoms with E-state index in [0.717, 1.165) is 19.3 Å². The van der Waals surface area contributed by atoms with Crippen molar-refractivity contribution < 1.29 is 14.6 Å². The summed E-state index contributed by atoms with van der Waals surface area (Å²) in [7, 11) is 0. The van der Waals surface area contributed by atoms with Gasteiger partial charge in [0, 0.05) is 18.3 Å². The molecule has 0 aliphatic heterocycles. The summed E-state index contributed by atoms with van der Waals surface area (Å²) in [5.74, 6) is 2.53. The third kappa shape index (κ3) is 2.30. The number of fused-ring (bicyclic) bond motifs is 4. The molecule has 3 heteroatoms. The molecule has 0 aromatic rings. The number of aliphatic hydroxyl groups is 1. The Balaban J connectivity index is 1.80. The first-order chi connectivity index (χ1) is 11.5. The van der Waals surface area contributed by atoms with Gasteiger partial charge in [-0.2, -0.15) is 0 Å². The maximum absolute atomic E-state index is 12.0. The predicted octanol–water partition coefficient (Wildman–Crippen LogP) is 4.42. The SMILES string of the molecule is CC(=O)O[C@H]1[C@@H]2[C@H]3[C@H](C(C)C)C[C@H](O)[C@]3(C)CC[C@@]2(C)C[C@H]2C[C@]21C. The van der Waals surface area contributed by atoms with Gasteiger partial charge in [-0.05, 0) is 66.6 Å². The predicted molar refractivity (Wildman–Crippen MR) is 97.8 cm³/mol. The van der Waals surface area contributed by atoms with E-state index >= 15 is 0 Å². The summed E-state index contributed by atoms with van der Waals surface area (Å²) in [6, 6.07) is 0. The molecule has 0 bridgehead atoms. The van der Waals surface area contributed by atoms with Crippen LogP contribution in [0.5, 0.6) is 0 Å². The summed E-state index contributed by atoms with van der Waals surface area (Å²) < 4.78 is 6.08. The Kier molecular flexibility index (Phi) is 3.74. The monoisotopic (exact) mass is 348 g/mol. The second-order valence-electron chi connectivity index (χ2n) is 11.0. The molecule has 4 aliphatic rings. The van der Waals surface area contributed by atoms with Crippen LogP contribution in [0.25, 0.3) is 0 Å². The summed E-state index contributed by atoms with van der Waals surface area (Å²) >= 11 is 0. The molecule has 0 spiro atoms. The van der Waals surface area contributed by atoms with Crippen LogP contribution in [0.4, 0.5) is 0 Å². The molecule has 0 saturated heterocycles. The number of hydrogen-bond donors (Lipinski definition) is 1. The first-order valence-electron chi connectivity index (χ1n) is 10.4. The van der Waals surface area contributed by atoms with Crippen LogP contribution in [0.3, 0.4) is 0 Å². The minimum Gasteiger partial charge on any atom is -0.462 e. The lowest BCUT2D eigenvalue weighted by molar-refractivity contribution is -0.190.